The summed E-state index contributed by atoms with van der Waals surface area (Å²) < 4.78 is 43.6. The van der Waals surface area contributed by atoms with Crippen molar-refractivity contribution in [2.45, 2.75) is 37.6 Å². The number of alkyl halides is 3. The smallest absolute Gasteiger partial charge is 0.383 e. The van der Waals surface area contributed by atoms with Crippen molar-refractivity contribution in [2.24, 2.45) is 0 Å². The van der Waals surface area contributed by atoms with Crippen LogP contribution in [-0.4, -0.2) is 65.5 Å². The van der Waals surface area contributed by atoms with Crippen LogP contribution < -0.4 is 0 Å². The number of methoxy groups -OCH3 is 1. The highest BCUT2D eigenvalue weighted by Crippen LogP contribution is 2.39. The number of nitrogens with zero attached hydrogens (tertiary/aromatic N) is 3. The van der Waals surface area contributed by atoms with Crippen molar-refractivity contribution in [3.05, 3.63) is 71.3 Å². The normalized spacial score (nSPS) is 18.8. The van der Waals surface area contributed by atoms with Gasteiger partial charge in [0.1, 0.15) is 5.54 Å². The molecular formula is C25H28F3N3O3. The molecule has 2 fully saturated rings. The summed E-state index contributed by atoms with van der Waals surface area (Å²) in [4.78, 5) is 31.8. The van der Waals surface area contributed by atoms with E-state index in [2.05, 4.69) is 4.90 Å². The number of piperidine rings is 1. The van der Waals surface area contributed by atoms with Crippen LogP contribution in [0.3, 0.4) is 0 Å². The van der Waals surface area contributed by atoms with Gasteiger partial charge in [0.25, 0.3) is 5.91 Å². The minimum Gasteiger partial charge on any atom is -0.383 e. The maximum Gasteiger partial charge on any atom is 0.416 e. The van der Waals surface area contributed by atoms with Gasteiger partial charge in [0.05, 0.1) is 18.7 Å². The third-order valence-corrected chi connectivity index (χ3v) is 6.69. The summed E-state index contributed by atoms with van der Waals surface area (Å²) in [5.74, 6) is -0.195. The van der Waals surface area contributed by atoms with Gasteiger partial charge in [-0.05, 0) is 36.1 Å². The number of ether oxygens (including phenoxy) is 1. The average molecular weight is 476 g/mol. The summed E-state index contributed by atoms with van der Waals surface area (Å²) in [5, 5.41) is 0. The molecule has 182 valence electrons. The highest BCUT2D eigenvalue weighted by molar-refractivity contribution is 6.07. The maximum absolute atomic E-state index is 13.5. The molecule has 1 spiro atoms. The largest absolute Gasteiger partial charge is 0.416 e. The molecule has 6 nitrogen and oxygen atoms in total. The van der Waals surface area contributed by atoms with Gasteiger partial charge in [0, 0.05) is 33.3 Å². The molecule has 34 heavy (non-hydrogen) atoms. The minimum atomic E-state index is -4.36. The predicted molar refractivity (Wildman–Crippen MR) is 120 cm³/mol. The Hall–Kier alpha value is -2.91. The minimum absolute atomic E-state index is 0.195. The van der Waals surface area contributed by atoms with Gasteiger partial charge in [-0.1, -0.05) is 42.5 Å². The van der Waals surface area contributed by atoms with Crippen LogP contribution in [0, 0.1) is 0 Å². The van der Waals surface area contributed by atoms with Crippen LogP contribution in [0.15, 0.2) is 54.6 Å². The summed E-state index contributed by atoms with van der Waals surface area (Å²) in [6, 6.07) is 14.4. The van der Waals surface area contributed by atoms with Gasteiger partial charge in [-0.15, -0.1) is 0 Å². The molecule has 0 aliphatic carbocycles. The molecule has 4 rings (SSSR count). The van der Waals surface area contributed by atoms with Gasteiger partial charge in [0.15, 0.2) is 0 Å². The molecule has 0 radical (unpaired) electrons. The van der Waals surface area contributed by atoms with Crippen LogP contribution in [0.1, 0.15) is 29.5 Å². The predicted octanol–water partition coefficient (Wildman–Crippen LogP) is 4.15. The second kappa shape index (κ2) is 9.76. The van der Waals surface area contributed by atoms with E-state index >= 15 is 0 Å². The topological polar surface area (TPSA) is 53.1 Å². The Labute approximate surface area is 196 Å². The molecular weight excluding hydrogens is 447 g/mol. The lowest BCUT2D eigenvalue weighted by molar-refractivity contribution is -0.137. The van der Waals surface area contributed by atoms with E-state index in [1.54, 1.807) is 4.90 Å². The van der Waals surface area contributed by atoms with Crippen LogP contribution in [0.5, 0.6) is 0 Å². The van der Waals surface area contributed by atoms with Crippen molar-refractivity contribution in [1.29, 1.82) is 0 Å². The zero-order chi connectivity index (χ0) is 24.3. The SMILES string of the molecule is COCCN1C(=O)N(Cc2ccccc2)C2(CCN(Cc3ccc(C(F)(F)F)cc3)CC2)C1=O. The molecule has 9 heteroatoms. The number of hydrogen-bond acceptors (Lipinski definition) is 4. The standard InChI is InChI=1S/C25H28F3N3O3/c1-34-16-15-30-22(32)24(31(23(30)33)18-19-5-3-2-4-6-19)11-13-29(14-12-24)17-20-7-9-21(10-8-20)25(26,27)28/h2-10H,11-18H2,1H3. The highest BCUT2D eigenvalue weighted by atomic mass is 19.4. The molecule has 2 aliphatic rings. The quantitative estimate of drug-likeness (QED) is 0.565. The van der Waals surface area contributed by atoms with E-state index in [-0.39, 0.29) is 25.1 Å². The molecule has 0 saturated carbocycles. The molecule has 2 saturated heterocycles. The number of urea groups is 1. The Morgan fingerprint density at radius 2 is 1.53 bits per heavy atom. The van der Waals surface area contributed by atoms with Crippen LogP contribution in [0.2, 0.25) is 0 Å². The number of halogens is 3. The summed E-state index contributed by atoms with van der Waals surface area (Å²) in [6.45, 7) is 2.42. The van der Waals surface area contributed by atoms with Gasteiger partial charge in [-0.2, -0.15) is 13.2 Å². The number of benzene rings is 2. The summed E-state index contributed by atoms with van der Waals surface area (Å²) in [5.41, 5.74) is 0.137. The Balaban J connectivity index is 1.49. The second-order valence-electron chi connectivity index (χ2n) is 8.81. The van der Waals surface area contributed by atoms with E-state index < -0.39 is 17.3 Å². The first-order valence-corrected chi connectivity index (χ1v) is 11.3. The number of likely N-dealkylation sites (tertiary alicyclic amines) is 1. The third-order valence-electron chi connectivity index (χ3n) is 6.69. The molecule has 0 atom stereocenters. The Morgan fingerprint density at radius 1 is 0.912 bits per heavy atom. The fourth-order valence-electron chi connectivity index (χ4n) is 4.77. The molecule has 2 aromatic rings. The molecule has 3 amide bonds. The number of amides is 3. The van der Waals surface area contributed by atoms with Crippen molar-refractivity contribution in [3.8, 4) is 0 Å². The van der Waals surface area contributed by atoms with Crippen LogP contribution in [0.25, 0.3) is 0 Å². The van der Waals surface area contributed by atoms with Crippen LogP contribution in [0.4, 0.5) is 18.0 Å². The number of rotatable bonds is 7. The Kier molecular flexibility index (Phi) is 6.95. The van der Waals surface area contributed by atoms with Crippen molar-refractivity contribution in [1.82, 2.24) is 14.7 Å². The van der Waals surface area contributed by atoms with E-state index in [1.807, 2.05) is 30.3 Å². The lowest BCUT2D eigenvalue weighted by Gasteiger charge is -2.42. The third kappa shape index (κ3) is 4.81. The number of hydrogen-bond donors (Lipinski definition) is 0. The molecule has 0 N–H and O–H groups in total. The van der Waals surface area contributed by atoms with E-state index in [0.717, 1.165) is 23.3 Å². The molecule has 0 bridgehead atoms. The lowest BCUT2D eigenvalue weighted by Crippen LogP contribution is -2.56. The Bertz CT molecular complexity index is 1000. The number of imide groups is 1. The summed E-state index contributed by atoms with van der Waals surface area (Å²) in [7, 11) is 1.53. The first-order chi connectivity index (χ1) is 16.2. The molecule has 0 aromatic heterocycles. The summed E-state index contributed by atoms with van der Waals surface area (Å²) in [6.07, 6.45) is -3.43. The molecule has 2 aliphatic heterocycles. The Morgan fingerprint density at radius 3 is 2.12 bits per heavy atom. The maximum atomic E-state index is 13.5. The van der Waals surface area contributed by atoms with Crippen LogP contribution in [-0.2, 0) is 28.8 Å². The fraction of sp³-hybridized carbons (Fsp3) is 0.440. The number of carbonyl (C=O) groups excluding carboxylic acids is 2. The van der Waals surface area contributed by atoms with Gasteiger partial charge in [-0.3, -0.25) is 14.6 Å². The van der Waals surface area contributed by atoms with Gasteiger partial charge in [0.2, 0.25) is 0 Å². The molecule has 0 unspecified atom stereocenters. The molecule has 2 aromatic carbocycles. The molecule has 2 heterocycles. The van der Waals surface area contributed by atoms with E-state index in [0.29, 0.717) is 39.0 Å². The first-order valence-electron chi connectivity index (χ1n) is 11.3. The van der Waals surface area contributed by atoms with Gasteiger partial charge >= 0.3 is 12.2 Å². The van der Waals surface area contributed by atoms with Crippen molar-refractivity contribution >= 4 is 11.9 Å². The second-order valence-corrected chi connectivity index (χ2v) is 8.81. The summed E-state index contributed by atoms with van der Waals surface area (Å²) >= 11 is 0. The van der Waals surface area contributed by atoms with E-state index in [4.69, 9.17) is 4.74 Å². The van der Waals surface area contributed by atoms with E-state index in [1.165, 1.54) is 24.1 Å². The first kappa shape index (κ1) is 24.2. The van der Waals surface area contributed by atoms with E-state index in [9.17, 15) is 22.8 Å². The van der Waals surface area contributed by atoms with Crippen molar-refractivity contribution in [2.75, 3.05) is 33.4 Å². The highest BCUT2D eigenvalue weighted by Gasteiger charge is 2.57. The zero-order valence-electron chi connectivity index (χ0n) is 19.1. The monoisotopic (exact) mass is 475 g/mol. The van der Waals surface area contributed by atoms with Gasteiger partial charge < -0.3 is 9.64 Å². The van der Waals surface area contributed by atoms with Crippen molar-refractivity contribution in [3.63, 3.8) is 0 Å². The van der Waals surface area contributed by atoms with Crippen molar-refractivity contribution < 1.29 is 27.5 Å². The zero-order valence-corrected chi connectivity index (χ0v) is 19.1. The van der Waals surface area contributed by atoms with Crippen LogP contribution >= 0.6 is 0 Å². The fourth-order valence-corrected chi connectivity index (χ4v) is 4.77. The lowest BCUT2D eigenvalue weighted by atomic mass is 9.85. The number of carbonyl (C=O) groups is 2. The average Bonchev–Trinajstić information content (AvgIpc) is 3.01. The van der Waals surface area contributed by atoms with Gasteiger partial charge in [-0.25, -0.2) is 4.79 Å².